The zero-order valence-corrected chi connectivity index (χ0v) is 13.3. The highest BCUT2D eigenvalue weighted by molar-refractivity contribution is 5.93. The molecular weight excluding hydrogens is 348 g/mol. The fourth-order valence-corrected chi connectivity index (χ4v) is 2.34. The molecule has 0 aliphatic rings. The zero-order chi connectivity index (χ0) is 18.7. The Balaban J connectivity index is 1.84. The monoisotopic (exact) mass is 361 g/mol. The minimum Gasteiger partial charge on any atom is -0.467 e. The number of aromatic amines is 1. The van der Waals surface area contributed by atoms with Crippen LogP contribution < -0.4 is 16.6 Å². The number of aromatic nitrogens is 2. The van der Waals surface area contributed by atoms with Crippen LogP contribution in [-0.4, -0.2) is 15.5 Å². The maximum Gasteiger partial charge on any atom is 0.328 e. The van der Waals surface area contributed by atoms with Crippen molar-refractivity contribution < 1.29 is 18.0 Å². The maximum atomic E-state index is 13.6. The van der Waals surface area contributed by atoms with Crippen LogP contribution in [0.1, 0.15) is 21.7 Å². The first-order chi connectivity index (χ1) is 12.5. The molecule has 26 heavy (non-hydrogen) atoms. The SMILES string of the molecule is O=C(NCc1c(F)cccc1F)c1c[nH]c(=O)n(Cc2ccco2)c1=O. The third-order valence-electron chi connectivity index (χ3n) is 3.69. The highest BCUT2D eigenvalue weighted by Gasteiger charge is 2.17. The lowest BCUT2D eigenvalue weighted by Crippen LogP contribution is -2.40. The van der Waals surface area contributed by atoms with Crippen LogP contribution in [0.3, 0.4) is 0 Å². The molecule has 134 valence electrons. The Morgan fingerprint density at radius 1 is 1.15 bits per heavy atom. The van der Waals surface area contributed by atoms with E-state index in [4.69, 9.17) is 4.42 Å². The molecule has 9 heteroatoms. The van der Waals surface area contributed by atoms with Crippen LogP contribution in [0.5, 0.6) is 0 Å². The van der Waals surface area contributed by atoms with Gasteiger partial charge in [0.2, 0.25) is 0 Å². The third kappa shape index (κ3) is 3.46. The predicted molar refractivity (Wildman–Crippen MR) is 86.7 cm³/mol. The fraction of sp³-hybridized carbons (Fsp3) is 0.118. The number of carbonyl (C=O) groups is 1. The molecule has 0 fully saturated rings. The number of halogens is 2. The third-order valence-corrected chi connectivity index (χ3v) is 3.69. The van der Waals surface area contributed by atoms with Gasteiger partial charge < -0.3 is 14.7 Å². The van der Waals surface area contributed by atoms with Crippen molar-refractivity contribution >= 4 is 5.91 Å². The van der Waals surface area contributed by atoms with E-state index in [1.165, 1.54) is 12.3 Å². The number of carbonyl (C=O) groups excluding carboxylic acids is 1. The number of hydrogen-bond donors (Lipinski definition) is 2. The largest absolute Gasteiger partial charge is 0.467 e. The van der Waals surface area contributed by atoms with Gasteiger partial charge in [-0.2, -0.15) is 0 Å². The lowest BCUT2D eigenvalue weighted by molar-refractivity contribution is 0.0947. The Hall–Kier alpha value is -3.49. The van der Waals surface area contributed by atoms with Gasteiger partial charge in [0.25, 0.3) is 11.5 Å². The summed E-state index contributed by atoms with van der Waals surface area (Å²) < 4.78 is 33.1. The van der Waals surface area contributed by atoms with Gasteiger partial charge in [-0.1, -0.05) is 6.07 Å². The summed E-state index contributed by atoms with van der Waals surface area (Å²) in [4.78, 5) is 38.7. The number of amides is 1. The predicted octanol–water partition coefficient (Wildman–Crippen LogP) is 1.39. The number of hydrogen-bond acceptors (Lipinski definition) is 4. The summed E-state index contributed by atoms with van der Waals surface area (Å²) in [6.07, 6.45) is 2.34. The number of benzene rings is 1. The summed E-state index contributed by atoms with van der Waals surface area (Å²) >= 11 is 0. The summed E-state index contributed by atoms with van der Waals surface area (Å²) in [6, 6.07) is 6.47. The van der Waals surface area contributed by atoms with Crippen LogP contribution in [-0.2, 0) is 13.1 Å². The second kappa shape index (κ2) is 7.18. The number of H-pyrrole nitrogens is 1. The Bertz CT molecular complexity index is 1030. The van der Waals surface area contributed by atoms with E-state index in [0.717, 1.165) is 22.9 Å². The van der Waals surface area contributed by atoms with Gasteiger partial charge in [0.1, 0.15) is 23.0 Å². The average Bonchev–Trinajstić information content (AvgIpc) is 3.11. The van der Waals surface area contributed by atoms with Gasteiger partial charge >= 0.3 is 5.69 Å². The van der Waals surface area contributed by atoms with Crippen molar-refractivity contribution in [2.24, 2.45) is 0 Å². The number of rotatable bonds is 5. The molecule has 0 aliphatic carbocycles. The van der Waals surface area contributed by atoms with E-state index in [1.54, 1.807) is 12.1 Å². The summed E-state index contributed by atoms with van der Waals surface area (Å²) in [5.41, 5.74) is -2.27. The lowest BCUT2D eigenvalue weighted by atomic mass is 10.2. The van der Waals surface area contributed by atoms with Gasteiger partial charge in [-0.25, -0.2) is 13.6 Å². The molecule has 0 saturated heterocycles. The van der Waals surface area contributed by atoms with Crippen molar-refractivity contribution in [3.63, 3.8) is 0 Å². The molecule has 2 N–H and O–H groups in total. The molecule has 0 atom stereocenters. The van der Waals surface area contributed by atoms with Crippen LogP contribution in [0.15, 0.2) is 56.8 Å². The van der Waals surface area contributed by atoms with E-state index in [-0.39, 0.29) is 17.7 Å². The van der Waals surface area contributed by atoms with E-state index >= 15 is 0 Å². The molecule has 0 spiro atoms. The standard InChI is InChI=1S/C17H13F2N3O4/c18-13-4-1-5-14(19)11(13)7-20-15(23)12-8-21-17(25)22(16(12)24)9-10-3-2-6-26-10/h1-6,8H,7,9H2,(H,20,23)(H,21,25). The van der Waals surface area contributed by atoms with Crippen LogP contribution in [0, 0.1) is 11.6 Å². The first-order valence-corrected chi connectivity index (χ1v) is 7.53. The van der Waals surface area contributed by atoms with Gasteiger partial charge in [0.05, 0.1) is 12.8 Å². The molecule has 3 rings (SSSR count). The van der Waals surface area contributed by atoms with Gasteiger partial charge in [-0.15, -0.1) is 0 Å². The van der Waals surface area contributed by atoms with Crippen molar-refractivity contribution in [3.05, 3.63) is 92.2 Å². The van der Waals surface area contributed by atoms with Crippen LogP contribution in [0.4, 0.5) is 8.78 Å². The fourth-order valence-electron chi connectivity index (χ4n) is 2.34. The number of nitrogens with zero attached hydrogens (tertiary/aromatic N) is 1. The molecule has 0 aliphatic heterocycles. The first kappa shape index (κ1) is 17.3. The molecular formula is C17H13F2N3O4. The van der Waals surface area contributed by atoms with Crippen molar-refractivity contribution in [2.75, 3.05) is 0 Å². The normalized spacial score (nSPS) is 10.7. The first-order valence-electron chi connectivity index (χ1n) is 7.53. The molecule has 0 radical (unpaired) electrons. The molecule has 3 aromatic rings. The quantitative estimate of drug-likeness (QED) is 0.718. The molecule has 1 aromatic carbocycles. The van der Waals surface area contributed by atoms with Crippen LogP contribution in [0.25, 0.3) is 0 Å². The molecule has 2 aromatic heterocycles. The van der Waals surface area contributed by atoms with Crippen molar-refractivity contribution in [1.29, 1.82) is 0 Å². The van der Waals surface area contributed by atoms with E-state index in [9.17, 15) is 23.2 Å². The summed E-state index contributed by atoms with van der Waals surface area (Å²) in [7, 11) is 0. The second-order valence-electron chi connectivity index (χ2n) is 5.36. The maximum absolute atomic E-state index is 13.6. The minimum atomic E-state index is -0.873. The smallest absolute Gasteiger partial charge is 0.328 e. The van der Waals surface area contributed by atoms with E-state index < -0.39 is 35.3 Å². The topological polar surface area (TPSA) is 97.1 Å². The Morgan fingerprint density at radius 3 is 2.54 bits per heavy atom. The van der Waals surface area contributed by atoms with Gasteiger partial charge in [-0.3, -0.25) is 14.2 Å². The second-order valence-corrected chi connectivity index (χ2v) is 5.36. The minimum absolute atomic E-state index is 0.162. The highest BCUT2D eigenvalue weighted by atomic mass is 19.1. The van der Waals surface area contributed by atoms with Crippen LogP contribution >= 0.6 is 0 Å². The van der Waals surface area contributed by atoms with Gasteiger partial charge in [0, 0.05) is 18.3 Å². The van der Waals surface area contributed by atoms with Gasteiger partial charge in [0.15, 0.2) is 0 Å². The summed E-state index contributed by atoms with van der Waals surface area (Å²) in [6.45, 7) is -0.613. The van der Waals surface area contributed by atoms with Crippen molar-refractivity contribution in [1.82, 2.24) is 14.9 Å². The van der Waals surface area contributed by atoms with Crippen LogP contribution in [0.2, 0.25) is 0 Å². The molecule has 0 bridgehead atoms. The summed E-state index contributed by atoms with van der Waals surface area (Å²) in [5, 5.41) is 2.27. The number of nitrogens with one attached hydrogen (secondary N) is 2. The van der Waals surface area contributed by atoms with E-state index in [0.29, 0.717) is 5.76 Å². The molecule has 7 nitrogen and oxygen atoms in total. The Labute approximate surface area is 144 Å². The zero-order valence-electron chi connectivity index (χ0n) is 13.3. The summed E-state index contributed by atoms with van der Waals surface area (Å²) in [5.74, 6) is -2.16. The van der Waals surface area contributed by atoms with E-state index in [1.807, 2.05) is 0 Å². The molecule has 0 unspecified atom stereocenters. The number of furan rings is 1. The molecule has 2 heterocycles. The molecule has 1 amide bonds. The lowest BCUT2D eigenvalue weighted by Gasteiger charge is -2.08. The Morgan fingerprint density at radius 2 is 1.88 bits per heavy atom. The van der Waals surface area contributed by atoms with E-state index in [2.05, 4.69) is 10.3 Å². The van der Waals surface area contributed by atoms with Crippen molar-refractivity contribution in [3.8, 4) is 0 Å². The highest BCUT2D eigenvalue weighted by Crippen LogP contribution is 2.11. The van der Waals surface area contributed by atoms with Crippen molar-refractivity contribution in [2.45, 2.75) is 13.1 Å². The Kier molecular flexibility index (Phi) is 4.78. The van der Waals surface area contributed by atoms with Gasteiger partial charge in [-0.05, 0) is 24.3 Å². The molecule has 0 saturated carbocycles. The average molecular weight is 361 g/mol.